The largest absolute Gasteiger partial charge is 0.298 e. The lowest BCUT2D eigenvalue weighted by Crippen LogP contribution is -2.47. The van der Waals surface area contributed by atoms with Crippen LogP contribution in [-0.4, -0.2) is 23.5 Å². The van der Waals surface area contributed by atoms with Crippen LogP contribution in [0.4, 0.5) is 0 Å². The first-order valence-electron chi connectivity index (χ1n) is 9.89. The molecule has 0 aliphatic carbocycles. The molecule has 2 unspecified atom stereocenters. The van der Waals surface area contributed by atoms with Gasteiger partial charge in [-0.3, -0.25) is 4.90 Å². The Kier molecular flexibility index (Phi) is 7.92. The number of rotatable bonds is 7. The van der Waals surface area contributed by atoms with Crippen molar-refractivity contribution < 1.29 is 0 Å². The van der Waals surface area contributed by atoms with Crippen LogP contribution in [0.2, 0.25) is 0 Å². The molecule has 0 amide bonds. The fourth-order valence-corrected chi connectivity index (χ4v) is 4.09. The molecular formula is C21H43N. The van der Waals surface area contributed by atoms with E-state index in [1.165, 1.54) is 64.5 Å². The Labute approximate surface area is 141 Å². The summed E-state index contributed by atoms with van der Waals surface area (Å²) in [6.07, 6.45) is 11.4. The average molecular weight is 310 g/mol. The van der Waals surface area contributed by atoms with Crippen molar-refractivity contribution in [3.8, 4) is 0 Å². The molecule has 0 bridgehead atoms. The minimum Gasteiger partial charge on any atom is -0.298 e. The van der Waals surface area contributed by atoms with Crippen LogP contribution in [0.3, 0.4) is 0 Å². The number of likely N-dealkylation sites (tertiary alicyclic amines) is 1. The van der Waals surface area contributed by atoms with E-state index in [1.807, 2.05) is 0 Å². The quantitative estimate of drug-likeness (QED) is 0.484. The molecule has 1 saturated heterocycles. The Bertz CT molecular complexity index is 294. The molecule has 0 aromatic carbocycles. The third-order valence-corrected chi connectivity index (χ3v) is 5.74. The molecule has 1 heteroatoms. The Hall–Kier alpha value is -0.0400. The van der Waals surface area contributed by atoms with Gasteiger partial charge in [-0.25, -0.2) is 0 Å². The Morgan fingerprint density at radius 2 is 1.68 bits per heavy atom. The molecule has 0 spiro atoms. The lowest BCUT2D eigenvalue weighted by atomic mass is 9.75. The maximum Gasteiger partial charge on any atom is 0.0125 e. The average Bonchev–Trinajstić information content (AvgIpc) is 2.40. The van der Waals surface area contributed by atoms with Gasteiger partial charge in [-0.05, 0) is 70.3 Å². The number of piperidine rings is 1. The predicted octanol–water partition coefficient (Wildman–Crippen LogP) is 6.52. The van der Waals surface area contributed by atoms with E-state index < -0.39 is 0 Å². The van der Waals surface area contributed by atoms with Gasteiger partial charge in [0.05, 0.1) is 0 Å². The fourth-order valence-electron chi connectivity index (χ4n) is 4.09. The zero-order valence-corrected chi connectivity index (χ0v) is 16.7. The lowest BCUT2D eigenvalue weighted by Gasteiger charge is -2.41. The summed E-state index contributed by atoms with van der Waals surface area (Å²) in [7, 11) is 0. The lowest BCUT2D eigenvalue weighted by molar-refractivity contribution is 0.0749. The highest BCUT2D eigenvalue weighted by Gasteiger charge is 2.28. The highest BCUT2D eigenvalue weighted by molar-refractivity contribution is 4.82. The van der Waals surface area contributed by atoms with Gasteiger partial charge in [0.25, 0.3) is 0 Å². The molecular weight excluding hydrogens is 266 g/mol. The minimum absolute atomic E-state index is 0.358. The predicted molar refractivity (Wildman–Crippen MR) is 100 cm³/mol. The molecule has 0 radical (unpaired) electrons. The highest BCUT2D eigenvalue weighted by Crippen LogP contribution is 2.34. The molecule has 0 N–H and O–H groups in total. The van der Waals surface area contributed by atoms with E-state index in [0.29, 0.717) is 11.0 Å². The van der Waals surface area contributed by atoms with E-state index in [-0.39, 0.29) is 0 Å². The molecule has 1 rings (SSSR count). The van der Waals surface area contributed by atoms with Crippen LogP contribution in [0.25, 0.3) is 0 Å². The van der Waals surface area contributed by atoms with Crippen molar-refractivity contribution in [2.45, 2.75) is 105 Å². The number of unbranched alkanes of at least 4 members (excludes halogenated alkanes) is 1. The number of nitrogens with zero attached hydrogens (tertiary/aromatic N) is 1. The molecule has 0 saturated carbocycles. The fraction of sp³-hybridized carbons (Fsp3) is 1.00. The Morgan fingerprint density at radius 1 is 1.00 bits per heavy atom. The topological polar surface area (TPSA) is 3.24 Å². The smallest absolute Gasteiger partial charge is 0.0125 e. The van der Waals surface area contributed by atoms with Gasteiger partial charge in [0.2, 0.25) is 0 Å². The van der Waals surface area contributed by atoms with Crippen LogP contribution in [-0.2, 0) is 0 Å². The molecule has 1 nitrogen and oxygen atoms in total. The second-order valence-corrected chi connectivity index (χ2v) is 9.76. The normalized spacial score (nSPS) is 22.8. The third-order valence-electron chi connectivity index (χ3n) is 5.74. The van der Waals surface area contributed by atoms with Crippen molar-refractivity contribution in [1.82, 2.24) is 4.90 Å². The number of hydrogen-bond donors (Lipinski definition) is 0. The van der Waals surface area contributed by atoms with Gasteiger partial charge in [-0.1, -0.05) is 53.4 Å². The molecule has 1 heterocycles. The van der Waals surface area contributed by atoms with Crippen LogP contribution >= 0.6 is 0 Å². The van der Waals surface area contributed by atoms with E-state index in [4.69, 9.17) is 0 Å². The zero-order valence-electron chi connectivity index (χ0n) is 16.7. The third kappa shape index (κ3) is 7.02. The second kappa shape index (κ2) is 8.71. The summed E-state index contributed by atoms with van der Waals surface area (Å²) in [4.78, 5) is 2.70. The summed E-state index contributed by atoms with van der Waals surface area (Å²) in [5, 5.41) is 0. The van der Waals surface area contributed by atoms with Gasteiger partial charge in [0, 0.05) is 12.1 Å². The van der Waals surface area contributed by atoms with Crippen molar-refractivity contribution in [3.05, 3.63) is 0 Å². The maximum atomic E-state index is 2.70. The van der Waals surface area contributed by atoms with Crippen molar-refractivity contribution in [2.75, 3.05) is 13.1 Å². The first-order chi connectivity index (χ1) is 10.1. The summed E-state index contributed by atoms with van der Waals surface area (Å²) in [6.45, 7) is 19.4. The van der Waals surface area contributed by atoms with E-state index in [1.54, 1.807) is 0 Å². The molecule has 132 valence electrons. The molecule has 0 aromatic rings. The maximum absolute atomic E-state index is 2.70. The molecule has 22 heavy (non-hydrogen) atoms. The van der Waals surface area contributed by atoms with Crippen molar-refractivity contribution in [1.29, 1.82) is 0 Å². The van der Waals surface area contributed by atoms with Gasteiger partial charge in [0.1, 0.15) is 0 Å². The van der Waals surface area contributed by atoms with E-state index in [9.17, 15) is 0 Å². The van der Waals surface area contributed by atoms with Gasteiger partial charge < -0.3 is 0 Å². The van der Waals surface area contributed by atoms with Crippen LogP contribution in [0.15, 0.2) is 0 Å². The van der Waals surface area contributed by atoms with Gasteiger partial charge in [-0.2, -0.15) is 0 Å². The van der Waals surface area contributed by atoms with Gasteiger partial charge >= 0.3 is 0 Å². The second-order valence-electron chi connectivity index (χ2n) is 9.76. The first-order valence-corrected chi connectivity index (χ1v) is 9.89. The Balaban J connectivity index is 2.29. The van der Waals surface area contributed by atoms with E-state index in [2.05, 4.69) is 53.4 Å². The SMILES string of the molecule is CCCC(CCCCC1CCCN(C(C)(C)C)C1)C(C)(C)C. The first kappa shape index (κ1) is 20.0. The zero-order chi connectivity index (χ0) is 16.8. The van der Waals surface area contributed by atoms with Crippen molar-refractivity contribution in [3.63, 3.8) is 0 Å². The number of hydrogen-bond acceptors (Lipinski definition) is 1. The van der Waals surface area contributed by atoms with Crippen molar-refractivity contribution in [2.24, 2.45) is 17.3 Å². The summed E-state index contributed by atoms with van der Waals surface area (Å²) in [5.41, 5.74) is 0.848. The molecule has 2 atom stereocenters. The van der Waals surface area contributed by atoms with Crippen LogP contribution in [0.5, 0.6) is 0 Å². The summed E-state index contributed by atoms with van der Waals surface area (Å²) in [5.74, 6) is 1.86. The highest BCUT2D eigenvalue weighted by atomic mass is 15.2. The van der Waals surface area contributed by atoms with E-state index in [0.717, 1.165) is 11.8 Å². The Morgan fingerprint density at radius 3 is 2.23 bits per heavy atom. The standard InChI is InChI=1S/C21H43N/c1-8-12-19(20(2,3)4)15-10-9-13-18-14-11-16-22(17-18)21(5,6)7/h18-19H,8-17H2,1-7H3. The van der Waals surface area contributed by atoms with E-state index >= 15 is 0 Å². The van der Waals surface area contributed by atoms with Crippen LogP contribution in [0, 0.1) is 17.3 Å². The van der Waals surface area contributed by atoms with Gasteiger partial charge in [-0.15, -0.1) is 0 Å². The molecule has 0 aromatic heterocycles. The molecule has 1 aliphatic heterocycles. The minimum atomic E-state index is 0.358. The molecule has 1 fully saturated rings. The van der Waals surface area contributed by atoms with Crippen LogP contribution < -0.4 is 0 Å². The summed E-state index contributed by atoms with van der Waals surface area (Å²) in [6, 6.07) is 0. The van der Waals surface area contributed by atoms with Crippen LogP contribution in [0.1, 0.15) is 99.8 Å². The summed E-state index contributed by atoms with van der Waals surface area (Å²) < 4.78 is 0. The monoisotopic (exact) mass is 309 g/mol. The van der Waals surface area contributed by atoms with Gasteiger partial charge in [0.15, 0.2) is 0 Å². The van der Waals surface area contributed by atoms with Crippen molar-refractivity contribution >= 4 is 0 Å². The molecule has 1 aliphatic rings. The summed E-state index contributed by atoms with van der Waals surface area (Å²) >= 11 is 0.